The standard InChI is InChI=1S/C12H15F3N2O5S2/c1-16(2)23(19,20)9-7-5-6-8(11(18)12(13,14)15)10(9)24(21,22)17(3)4/h5-7H,1-4H3. The van der Waals surface area contributed by atoms with Crippen molar-refractivity contribution in [3.8, 4) is 0 Å². The molecule has 1 aromatic carbocycles. The van der Waals surface area contributed by atoms with Gasteiger partial charge >= 0.3 is 6.18 Å². The zero-order valence-electron chi connectivity index (χ0n) is 13.1. The molecule has 7 nitrogen and oxygen atoms in total. The summed E-state index contributed by atoms with van der Waals surface area (Å²) in [5.41, 5.74) is -1.25. The zero-order valence-corrected chi connectivity index (χ0v) is 14.8. The van der Waals surface area contributed by atoms with E-state index in [1.54, 1.807) is 0 Å². The van der Waals surface area contributed by atoms with Crippen molar-refractivity contribution in [2.45, 2.75) is 16.0 Å². The molecule has 0 unspecified atom stereocenters. The number of carbonyl (C=O) groups is 1. The van der Waals surface area contributed by atoms with E-state index >= 15 is 0 Å². The molecule has 0 atom stereocenters. The van der Waals surface area contributed by atoms with Crippen molar-refractivity contribution in [3.05, 3.63) is 23.8 Å². The van der Waals surface area contributed by atoms with E-state index in [2.05, 4.69) is 0 Å². The number of rotatable bonds is 5. The van der Waals surface area contributed by atoms with Crippen LogP contribution in [0.5, 0.6) is 0 Å². The minimum absolute atomic E-state index is 0.532. The predicted molar refractivity (Wildman–Crippen MR) is 78.6 cm³/mol. The summed E-state index contributed by atoms with van der Waals surface area (Å²) in [6.45, 7) is 0. The van der Waals surface area contributed by atoms with Gasteiger partial charge in [0.05, 0.1) is 0 Å². The summed E-state index contributed by atoms with van der Waals surface area (Å²) >= 11 is 0. The Balaban J connectivity index is 4.01. The minimum Gasteiger partial charge on any atom is -0.284 e. The molecular weight excluding hydrogens is 373 g/mol. The fourth-order valence-corrected chi connectivity index (χ4v) is 4.44. The first-order chi connectivity index (χ1) is 10.6. The first-order valence-corrected chi connectivity index (χ1v) is 9.12. The Labute approximate surface area is 137 Å². The van der Waals surface area contributed by atoms with Crippen molar-refractivity contribution < 1.29 is 34.8 Å². The lowest BCUT2D eigenvalue weighted by molar-refractivity contribution is -0.0887. The van der Waals surface area contributed by atoms with Gasteiger partial charge in [-0.15, -0.1) is 0 Å². The van der Waals surface area contributed by atoms with Gasteiger partial charge in [0.2, 0.25) is 20.0 Å². The van der Waals surface area contributed by atoms with Crippen LogP contribution >= 0.6 is 0 Å². The van der Waals surface area contributed by atoms with Crippen molar-refractivity contribution in [1.82, 2.24) is 8.61 Å². The molecule has 0 aromatic heterocycles. The van der Waals surface area contributed by atoms with Crippen LogP contribution in [0.15, 0.2) is 28.0 Å². The normalized spacial score (nSPS) is 13.5. The van der Waals surface area contributed by atoms with Crippen molar-refractivity contribution in [3.63, 3.8) is 0 Å². The number of Topliss-reactive ketones (excluding diaryl/α,β-unsaturated/α-hetero) is 1. The highest BCUT2D eigenvalue weighted by atomic mass is 32.2. The average molecular weight is 388 g/mol. The first kappa shape index (κ1) is 20.5. The number of hydrogen-bond donors (Lipinski definition) is 0. The smallest absolute Gasteiger partial charge is 0.284 e. The molecule has 0 aliphatic heterocycles. The van der Waals surface area contributed by atoms with Crippen LogP contribution in [0, 0.1) is 0 Å². The minimum atomic E-state index is -5.36. The Kier molecular flexibility index (Phi) is 5.50. The number of sulfonamides is 2. The van der Waals surface area contributed by atoms with E-state index in [9.17, 15) is 34.8 Å². The molecule has 0 N–H and O–H groups in total. The van der Waals surface area contributed by atoms with Gasteiger partial charge in [-0.05, 0) is 12.1 Å². The molecule has 0 saturated heterocycles. The molecule has 0 radical (unpaired) electrons. The van der Waals surface area contributed by atoms with Crippen LogP contribution < -0.4 is 0 Å². The quantitative estimate of drug-likeness (QED) is 0.700. The van der Waals surface area contributed by atoms with Crippen molar-refractivity contribution in [2.75, 3.05) is 28.2 Å². The van der Waals surface area contributed by atoms with Gasteiger partial charge in [-0.2, -0.15) is 13.2 Å². The van der Waals surface area contributed by atoms with Crippen molar-refractivity contribution in [2.24, 2.45) is 0 Å². The highest BCUT2D eigenvalue weighted by Gasteiger charge is 2.44. The van der Waals surface area contributed by atoms with E-state index in [-0.39, 0.29) is 0 Å². The number of carbonyl (C=O) groups excluding carboxylic acids is 1. The van der Waals surface area contributed by atoms with E-state index in [1.807, 2.05) is 0 Å². The summed E-state index contributed by atoms with van der Waals surface area (Å²) in [4.78, 5) is 9.48. The third-order valence-corrected chi connectivity index (χ3v) is 6.88. The monoisotopic (exact) mass is 388 g/mol. The number of nitrogens with zero attached hydrogens (tertiary/aromatic N) is 2. The van der Waals surface area contributed by atoms with Gasteiger partial charge in [-0.25, -0.2) is 25.4 Å². The third kappa shape index (κ3) is 3.61. The van der Waals surface area contributed by atoms with Crippen molar-refractivity contribution in [1.29, 1.82) is 0 Å². The summed E-state index contributed by atoms with van der Waals surface area (Å²) in [5.74, 6) is -2.45. The van der Waals surface area contributed by atoms with Gasteiger partial charge in [0.25, 0.3) is 5.78 Å². The number of hydrogen-bond acceptors (Lipinski definition) is 5. The van der Waals surface area contributed by atoms with Gasteiger partial charge < -0.3 is 0 Å². The summed E-state index contributed by atoms with van der Waals surface area (Å²) in [6, 6.07) is 2.34. The zero-order chi connectivity index (χ0) is 19.1. The molecule has 1 aromatic rings. The van der Waals surface area contributed by atoms with Crippen LogP contribution in [0.3, 0.4) is 0 Å². The molecule has 0 bridgehead atoms. The van der Waals surface area contributed by atoms with Gasteiger partial charge in [-0.1, -0.05) is 6.07 Å². The van der Waals surface area contributed by atoms with E-state index in [1.165, 1.54) is 0 Å². The highest BCUT2D eigenvalue weighted by molar-refractivity contribution is 7.92. The predicted octanol–water partition coefficient (Wildman–Crippen LogP) is 0.932. The Morgan fingerprint density at radius 3 is 1.75 bits per heavy atom. The summed E-state index contributed by atoms with van der Waals surface area (Å²) in [5, 5.41) is 0. The number of benzene rings is 1. The summed E-state index contributed by atoms with van der Waals surface area (Å²) < 4.78 is 88.9. The number of halogens is 3. The van der Waals surface area contributed by atoms with Crippen LogP contribution in [-0.4, -0.2) is 65.6 Å². The average Bonchev–Trinajstić information content (AvgIpc) is 2.44. The molecule has 0 heterocycles. The molecule has 0 amide bonds. The summed E-state index contributed by atoms with van der Waals surface area (Å²) in [7, 11) is -4.89. The van der Waals surface area contributed by atoms with Crippen LogP contribution in [0.1, 0.15) is 10.4 Å². The molecule has 136 valence electrons. The molecule has 0 fully saturated rings. The maximum absolute atomic E-state index is 12.8. The maximum atomic E-state index is 12.8. The van der Waals surface area contributed by atoms with Gasteiger partial charge in [0, 0.05) is 33.8 Å². The number of ketones is 1. The second-order valence-electron chi connectivity index (χ2n) is 5.03. The molecule has 0 aliphatic rings. The van der Waals surface area contributed by atoms with E-state index < -0.39 is 47.4 Å². The van der Waals surface area contributed by atoms with E-state index in [0.29, 0.717) is 14.7 Å². The fourth-order valence-electron chi connectivity index (χ4n) is 1.70. The molecule has 1 rings (SSSR count). The fraction of sp³-hybridized carbons (Fsp3) is 0.417. The van der Waals surface area contributed by atoms with E-state index in [4.69, 9.17) is 0 Å². The van der Waals surface area contributed by atoms with Gasteiger partial charge in [0.1, 0.15) is 9.79 Å². The highest BCUT2D eigenvalue weighted by Crippen LogP contribution is 2.32. The largest absolute Gasteiger partial charge is 0.454 e. The molecular formula is C12H15F3N2O5S2. The van der Waals surface area contributed by atoms with E-state index in [0.717, 1.165) is 40.3 Å². The molecule has 0 spiro atoms. The Morgan fingerprint density at radius 2 is 1.38 bits per heavy atom. The Bertz CT molecular complexity index is 859. The lowest BCUT2D eigenvalue weighted by Gasteiger charge is -2.20. The number of alkyl halides is 3. The SMILES string of the molecule is CN(C)S(=O)(=O)c1cccc(C(=O)C(F)(F)F)c1S(=O)(=O)N(C)C. The van der Waals surface area contributed by atoms with Crippen LogP contribution in [-0.2, 0) is 20.0 Å². The lowest BCUT2D eigenvalue weighted by Crippen LogP contribution is -2.32. The molecule has 24 heavy (non-hydrogen) atoms. The second-order valence-corrected chi connectivity index (χ2v) is 9.24. The third-order valence-electron chi connectivity index (χ3n) is 2.98. The van der Waals surface area contributed by atoms with Crippen molar-refractivity contribution >= 4 is 25.8 Å². The molecule has 0 aliphatic carbocycles. The van der Waals surface area contributed by atoms with Crippen LogP contribution in [0.2, 0.25) is 0 Å². The lowest BCUT2D eigenvalue weighted by atomic mass is 10.1. The topological polar surface area (TPSA) is 91.8 Å². The van der Waals surface area contributed by atoms with Gasteiger partial charge in [-0.3, -0.25) is 4.79 Å². The van der Waals surface area contributed by atoms with Crippen LogP contribution in [0.25, 0.3) is 0 Å². The van der Waals surface area contributed by atoms with Gasteiger partial charge in [0.15, 0.2) is 0 Å². The molecule has 0 saturated carbocycles. The maximum Gasteiger partial charge on any atom is 0.454 e. The second kappa shape index (κ2) is 6.43. The Morgan fingerprint density at radius 1 is 0.917 bits per heavy atom. The first-order valence-electron chi connectivity index (χ1n) is 6.24. The molecule has 12 heteroatoms. The Hall–Kier alpha value is -1.50. The van der Waals surface area contributed by atoms with Crippen LogP contribution in [0.4, 0.5) is 13.2 Å². The summed E-state index contributed by atoms with van der Waals surface area (Å²) in [6.07, 6.45) is -5.36.